The van der Waals surface area contributed by atoms with Crippen molar-refractivity contribution in [3.05, 3.63) is 41.1 Å². The highest BCUT2D eigenvalue weighted by molar-refractivity contribution is 5.91. The summed E-state index contributed by atoms with van der Waals surface area (Å²) in [6, 6.07) is 6.67. The molecule has 1 saturated heterocycles. The number of rotatable bonds is 3. The second-order valence-electron chi connectivity index (χ2n) is 6.94. The molecule has 0 bridgehead atoms. The molecule has 2 atom stereocenters. The Bertz CT molecular complexity index is 777. The number of fused-ring (bicyclic) bond motifs is 5. The van der Waals surface area contributed by atoms with Crippen LogP contribution in [0.2, 0.25) is 0 Å². The number of aliphatic hydroxyl groups excluding tert-OH is 1. The smallest absolute Gasteiger partial charge is 0.128 e. The summed E-state index contributed by atoms with van der Waals surface area (Å²) in [7, 11) is 1.75. The van der Waals surface area contributed by atoms with Gasteiger partial charge in [-0.25, -0.2) is 0 Å². The molecular weight excluding hydrogens is 300 g/mol. The largest absolute Gasteiger partial charge is 0.496 e. The number of aromatic nitrogens is 1. The van der Waals surface area contributed by atoms with Gasteiger partial charge in [-0.1, -0.05) is 17.7 Å². The van der Waals surface area contributed by atoms with E-state index in [0.29, 0.717) is 12.0 Å². The van der Waals surface area contributed by atoms with Crippen LogP contribution < -0.4 is 4.74 Å². The maximum absolute atomic E-state index is 9.44. The van der Waals surface area contributed by atoms with Gasteiger partial charge in [-0.15, -0.1) is 0 Å². The lowest BCUT2D eigenvalue weighted by molar-refractivity contribution is 0.126. The number of aliphatic hydroxyl groups is 1. The molecule has 2 aromatic rings. The van der Waals surface area contributed by atoms with Crippen LogP contribution in [0.5, 0.6) is 5.75 Å². The summed E-state index contributed by atoms with van der Waals surface area (Å²) in [5, 5.41) is 10.7. The lowest BCUT2D eigenvalue weighted by Gasteiger charge is -2.43. The number of piperidine rings is 1. The van der Waals surface area contributed by atoms with Crippen LogP contribution in [-0.2, 0) is 6.42 Å². The minimum absolute atomic E-state index is 0.266. The molecule has 4 rings (SSSR count). The van der Waals surface area contributed by atoms with Gasteiger partial charge in [0.1, 0.15) is 5.75 Å². The SMILES string of the molecule is CC=C1CN2CCc3c([nH]c4cccc(OC)c34)C2CC1CCO. The molecule has 1 fully saturated rings. The number of nitrogens with zero attached hydrogens (tertiary/aromatic N) is 1. The number of aromatic amines is 1. The fraction of sp³-hybridized carbons (Fsp3) is 0.500. The van der Waals surface area contributed by atoms with E-state index >= 15 is 0 Å². The van der Waals surface area contributed by atoms with E-state index in [9.17, 15) is 5.11 Å². The molecule has 0 amide bonds. The Balaban J connectivity index is 1.77. The molecule has 24 heavy (non-hydrogen) atoms. The van der Waals surface area contributed by atoms with Crippen molar-refractivity contribution >= 4 is 10.9 Å². The third-order valence-electron chi connectivity index (χ3n) is 5.83. The highest BCUT2D eigenvalue weighted by Gasteiger charge is 2.37. The topological polar surface area (TPSA) is 48.5 Å². The van der Waals surface area contributed by atoms with Crippen molar-refractivity contribution < 1.29 is 9.84 Å². The van der Waals surface area contributed by atoms with Gasteiger partial charge >= 0.3 is 0 Å². The van der Waals surface area contributed by atoms with Crippen LogP contribution in [0.25, 0.3) is 10.9 Å². The van der Waals surface area contributed by atoms with Crippen molar-refractivity contribution in [3.8, 4) is 5.75 Å². The van der Waals surface area contributed by atoms with Crippen LogP contribution in [0.15, 0.2) is 29.8 Å². The maximum atomic E-state index is 9.44. The number of allylic oxidation sites excluding steroid dienone is 1. The standard InChI is InChI=1S/C20H26N2O2/c1-3-13-12-22-9-7-15-19-16(5-4-6-18(19)24-2)21-20(15)17(22)11-14(13)8-10-23/h3-6,14,17,21,23H,7-12H2,1-2H3. The Hall–Kier alpha value is -1.78. The van der Waals surface area contributed by atoms with Gasteiger partial charge in [0.15, 0.2) is 0 Å². The molecule has 2 aliphatic heterocycles. The molecule has 4 heteroatoms. The summed E-state index contributed by atoms with van der Waals surface area (Å²) < 4.78 is 5.61. The predicted molar refractivity (Wildman–Crippen MR) is 96.4 cm³/mol. The first-order valence-corrected chi connectivity index (χ1v) is 8.94. The van der Waals surface area contributed by atoms with Gasteiger partial charge in [0.2, 0.25) is 0 Å². The molecule has 4 nitrogen and oxygen atoms in total. The number of nitrogens with one attached hydrogen (secondary N) is 1. The van der Waals surface area contributed by atoms with E-state index in [1.165, 1.54) is 27.7 Å². The molecule has 0 spiro atoms. The van der Waals surface area contributed by atoms with Crippen molar-refractivity contribution in [1.29, 1.82) is 0 Å². The Morgan fingerprint density at radius 2 is 2.29 bits per heavy atom. The van der Waals surface area contributed by atoms with Crippen LogP contribution in [-0.4, -0.2) is 41.8 Å². The van der Waals surface area contributed by atoms with Crippen LogP contribution in [0.4, 0.5) is 0 Å². The molecular formula is C20H26N2O2. The lowest BCUT2D eigenvalue weighted by atomic mass is 9.80. The van der Waals surface area contributed by atoms with Crippen molar-refractivity contribution in [3.63, 3.8) is 0 Å². The first kappa shape index (κ1) is 15.7. The zero-order valence-electron chi connectivity index (χ0n) is 14.5. The van der Waals surface area contributed by atoms with Crippen molar-refractivity contribution in [1.82, 2.24) is 9.88 Å². The average Bonchev–Trinajstić information content (AvgIpc) is 3.00. The minimum Gasteiger partial charge on any atom is -0.496 e. The molecule has 0 aliphatic carbocycles. The van der Waals surface area contributed by atoms with E-state index in [1.54, 1.807) is 7.11 Å². The predicted octanol–water partition coefficient (Wildman–Crippen LogP) is 3.42. The fourth-order valence-electron chi connectivity index (χ4n) is 4.64. The first-order valence-electron chi connectivity index (χ1n) is 8.94. The molecule has 3 heterocycles. The Labute approximate surface area is 143 Å². The van der Waals surface area contributed by atoms with Crippen LogP contribution in [0, 0.1) is 5.92 Å². The van der Waals surface area contributed by atoms with E-state index in [-0.39, 0.29) is 6.61 Å². The quantitative estimate of drug-likeness (QED) is 0.850. The molecule has 128 valence electrons. The summed E-state index contributed by atoms with van der Waals surface area (Å²) in [5.74, 6) is 1.45. The van der Waals surface area contributed by atoms with Crippen LogP contribution in [0.1, 0.15) is 37.1 Å². The second-order valence-corrected chi connectivity index (χ2v) is 6.94. The number of benzene rings is 1. The summed E-state index contributed by atoms with van der Waals surface area (Å²) >= 11 is 0. The van der Waals surface area contributed by atoms with E-state index < -0.39 is 0 Å². The van der Waals surface area contributed by atoms with Crippen LogP contribution in [0.3, 0.4) is 0 Å². The molecule has 0 radical (unpaired) electrons. The summed E-state index contributed by atoms with van der Waals surface area (Å²) in [4.78, 5) is 6.27. The van der Waals surface area contributed by atoms with Crippen molar-refractivity contribution in [2.24, 2.45) is 5.92 Å². The Morgan fingerprint density at radius 1 is 1.42 bits per heavy atom. The number of ether oxygens (including phenoxy) is 1. The summed E-state index contributed by atoms with van der Waals surface area (Å²) in [6.07, 6.45) is 5.26. The van der Waals surface area contributed by atoms with Crippen molar-refractivity contribution in [2.45, 2.75) is 32.2 Å². The van der Waals surface area contributed by atoms with Gasteiger partial charge in [0.25, 0.3) is 0 Å². The third kappa shape index (κ3) is 2.36. The number of H-pyrrole nitrogens is 1. The molecule has 2 aliphatic rings. The normalized spacial score (nSPS) is 25.7. The van der Waals surface area contributed by atoms with E-state index in [1.807, 2.05) is 6.07 Å². The van der Waals surface area contributed by atoms with E-state index in [0.717, 1.165) is 38.1 Å². The van der Waals surface area contributed by atoms with Gasteiger partial charge in [-0.2, -0.15) is 0 Å². The molecule has 0 saturated carbocycles. The van der Waals surface area contributed by atoms with Gasteiger partial charge in [0.05, 0.1) is 13.2 Å². The maximum Gasteiger partial charge on any atom is 0.128 e. The Kier molecular flexibility index (Phi) is 4.10. The van der Waals surface area contributed by atoms with Gasteiger partial charge in [0, 0.05) is 36.3 Å². The first-order chi connectivity index (χ1) is 11.8. The van der Waals surface area contributed by atoms with Gasteiger partial charge < -0.3 is 14.8 Å². The van der Waals surface area contributed by atoms with Gasteiger partial charge in [-0.05, 0) is 49.8 Å². The van der Waals surface area contributed by atoms with Crippen LogP contribution >= 0.6 is 0 Å². The van der Waals surface area contributed by atoms with Crippen molar-refractivity contribution in [2.75, 3.05) is 26.8 Å². The van der Waals surface area contributed by atoms with E-state index in [4.69, 9.17) is 4.74 Å². The second kappa shape index (κ2) is 6.26. The zero-order valence-corrected chi connectivity index (χ0v) is 14.5. The molecule has 1 aromatic carbocycles. The number of hydrogen-bond acceptors (Lipinski definition) is 3. The summed E-state index contributed by atoms with van der Waals surface area (Å²) in [6.45, 7) is 4.51. The molecule has 2 N–H and O–H groups in total. The zero-order chi connectivity index (χ0) is 16.7. The minimum atomic E-state index is 0.266. The number of methoxy groups -OCH3 is 1. The molecule has 1 aromatic heterocycles. The lowest BCUT2D eigenvalue weighted by Crippen LogP contribution is -2.42. The van der Waals surface area contributed by atoms with Gasteiger partial charge in [-0.3, -0.25) is 4.90 Å². The Morgan fingerprint density at radius 3 is 3.04 bits per heavy atom. The number of hydrogen-bond donors (Lipinski definition) is 2. The van der Waals surface area contributed by atoms with E-state index in [2.05, 4.69) is 35.0 Å². The third-order valence-corrected chi connectivity index (χ3v) is 5.83. The average molecular weight is 326 g/mol. The summed E-state index contributed by atoms with van der Waals surface area (Å²) in [5.41, 5.74) is 5.45. The highest BCUT2D eigenvalue weighted by atomic mass is 16.5. The molecule has 2 unspecified atom stereocenters. The highest BCUT2D eigenvalue weighted by Crippen LogP contribution is 2.45. The monoisotopic (exact) mass is 326 g/mol. The fourth-order valence-corrected chi connectivity index (χ4v) is 4.64.